The third-order valence-electron chi connectivity index (χ3n) is 9.63. The van der Waals surface area contributed by atoms with Gasteiger partial charge in [0.05, 0.1) is 6.54 Å². The zero-order valence-electron chi connectivity index (χ0n) is 31.5. The van der Waals surface area contributed by atoms with Crippen molar-refractivity contribution in [3.05, 3.63) is 77.9 Å². The molecular formula is C40H55N9O6. The summed E-state index contributed by atoms with van der Waals surface area (Å²) >= 11 is 0. The predicted molar refractivity (Wildman–Crippen MR) is 211 cm³/mol. The van der Waals surface area contributed by atoms with Crippen LogP contribution in [0.15, 0.2) is 71.7 Å². The highest BCUT2D eigenvalue weighted by Gasteiger charge is 2.35. The number of unbranched alkanes of at least 4 members (excludes halogenated alkanes) is 4. The molecule has 4 unspecified atom stereocenters. The van der Waals surface area contributed by atoms with Crippen LogP contribution < -0.4 is 38.5 Å². The van der Waals surface area contributed by atoms with Crippen molar-refractivity contribution in [2.24, 2.45) is 22.2 Å². The van der Waals surface area contributed by atoms with Crippen LogP contribution in [0.1, 0.15) is 63.0 Å². The summed E-state index contributed by atoms with van der Waals surface area (Å²) in [5, 5.41) is 22.9. The Morgan fingerprint density at radius 2 is 1.40 bits per heavy atom. The van der Waals surface area contributed by atoms with E-state index in [1.165, 1.54) is 17.0 Å². The molecule has 1 heterocycles. The lowest BCUT2D eigenvalue weighted by Gasteiger charge is -2.33. The second-order valence-electron chi connectivity index (χ2n) is 13.9. The maximum absolute atomic E-state index is 14.4. The van der Waals surface area contributed by atoms with Gasteiger partial charge < -0.3 is 48.5 Å². The number of benzene rings is 3. The molecule has 0 bridgehead atoms. The van der Waals surface area contributed by atoms with Gasteiger partial charge >= 0.3 is 0 Å². The molecule has 0 saturated carbocycles. The van der Waals surface area contributed by atoms with Crippen molar-refractivity contribution in [1.29, 1.82) is 0 Å². The number of fused-ring (bicyclic) bond motifs is 1. The first-order valence-electron chi connectivity index (χ1n) is 18.9. The fraction of sp³-hybridized carbons (Fsp3) is 0.450. The molecule has 15 heteroatoms. The van der Waals surface area contributed by atoms with Crippen molar-refractivity contribution < 1.29 is 29.1 Å². The first-order valence-corrected chi connectivity index (χ1v) is 18.9. The van der Waals surface area contributed by atoms with E-state index in [-0.39, 0.29) is 44.1 Å². The van der Waals surface area contributed by atoms with Crippen LogP contribution in [-0.4, -0.2) is 95.8 Å². The summed E-state index contributed by atoms with van der Waals surface area (Å²) in [6.07, 6.45) is 4.68. The average molecular weight is 758 g/mol. The Kier molecular flexibility index (Phi) is 16.3. The minimum absolute atomic E-state index is 0.0414. The largest absolute Gasteiger partial charge is 0.508 e. The standard InChI is InChI=1S/C40H55N9O6/c1-26-36(52)47-32(12-9-20-44-40(42)43)38(54)48-33(24-28-13-16-29-10-5-6-11-30(29)22-28)37(53)45-25-35(51)46-34(23-27-14-17-31(50)18-15-27)39(55)49(26)21-8-4-2-3-7-19-41/h5-6,10-11,13-18,22,26,32-34,50H,2-4,7-9,12,19-21,23-25,41H2,1H3,(H,45,53)(H,46,51)(H,47,52)(H,48,54)(H4,42,43,44). The van der Waals surface area contributed by atoms with Crippen LogP contribution >= 0.6 is 0 Å². The number of aliphatic imine (C=N–C) groups is 1. The van der Waals surface area contributed by atoms with Crippen molar-refractivity contribution in [2.75, 3.05) is 26.2 Å². The van der Waals surface area contributed by atoms with Gasteiger partial charge in [-0.3, -0.25) is 29.0 Å². The number of phenolic OH excluding ortho intramolecular Hbond substituents is 1. The normalized spacial score (nSPS) is 20.1. The van der Waals surface area contributed by atoms with Gasteiger partial charge in [-0.2, -0.15) is 0 Å². The van der Waals surface area contributed by atoms with E-state index in [2.05, 4.69) is 26.3 Å². The molecule has 4 rings (SSSR count). The summed E-state index contributed by atoms with van der Waals surface area (Å²) in [6.45, 7) is 2.11. The Balaban J connectivity index is 1.68. The lowest BCUT2D eigenvalue weighted by molar-refractivity contribution is -0.143. The first-order chi connectivity index (χ1) is 26.4. The zero-order chi connectivity index (χ0) is 39.7. The van der Waals surface area contributed by atoms with Crippen molar-refractivity contribution in [3.63, 3.8) is 0 Å². The van der Waals surface area contributed by atoms with Gasteiger partial charge in [0, 0.05) is 25.9 Å². The third kappa shape index (κ3) is 13.3. The smallest absolute Gasteiger partial charge is 0.246 e. The SMILES string of the molecule is CC1C(=O)NC(CCCN=C(N)N)C(=O)NC(Cc2ccc3ccccc3c2)C(=O)NCC(=O)NC(Cc2ccc(O)cc2)C(=O)N1CCCCCCCN. The van der Waals surface area contributed by atoms with Crippen LogP contribution in [0, 0.1) is 0 Å². The Morgan fingerprint density at radius 3 is 2.13 bits per heavy atom. The van der Waals surface area contributed by atoms with Crippen molar-refractivity contribution in [1.82, 2.24) is 26.2 Å². The number of nitrogens with zero attached hydrogens (tertiary/aromatic N) is 2. The van der Waals surface area contributed by atoms with E-state index in [1.807, 2.05) is 42.5 Å². The molecule has 0 spiro atoms. The van der Waals surface area contributed by atoms with Crippen LogP contribution in [-0.2, 0) is 36.8 Å². The van der Waals surface area contributed by atoms with Gasteiger partial charge in [-0.15, -0.1) is 0 Å². The molecule has 1 aliphatic rings. The molecular weight excluding hydrogens is 702 g/mol. The van der Waals surface area contributed by atoms with Crippen LogP contribution in [0.5, 0.6) is 5.75 Å². The number of guanidine groups is 1. The summed E-state index contributed by atoms with van der Waals surface area (Å²) < 4.78 is 0. The van der Waals surface area contributed by atoms with E-state index in [0.29, 0.717) is 24.9 Å². The monoisotopic (exact) mass is 757 g/mol. The molecule has 0 aliphatic carbocycles. The quantitative estimate of drug-likeness (QED) is 0.0627. The topological polar surface area (TPSA) is 247 Å². The number of carbonyl (C=O) groups is 5. The summed E-state index contributed by atoms with van der Waals surface area (Å²) in [4.78, 5) is 75.1. The van der Waals surface area contributed by atoms with Crippen LogP contribution in [0.25, 0.3) is 10.8 Å². The molecule has 4 atom stereocenters. The second-order valence-corrected chi connectivity index (χ2v) is 13.9. The summed E-state index contributed by atoms with van der Waals surface area (Å²) in [7, 11) is 0. The molecule has 0 radical (unpaired) electrons. The summed E-state index contributed by atoms with van der Waals surface area (Å²) in [5.74, 6) is -3.03. The minimum Gasteiger partial charge on any atom is -0.508 e. The van der Waals surface area contributed by atoms with E-state index in [9.17, 15) is 29.1 Å². The number of aromatic hydroxyl groups is 1. The van der Waals surface area contributed by atoms with Crippen molar-refractivity contribution in [3.8, 4) is 5.75 Å². The fourth-order valence-electron chi connectivity index (χ4n) is 6.54. The van der Waals surface area contributed by atoms with E-state index >= 15 is 0 Å². The summed E-state index contributed by atoms with van der Waals surface area (Å²) in [5.41, 5.74) is 18.1. The summed E-state index contributed by atoms with van der Waals surface area (Å²) in [6, 6.07) is 15.3. The highest BCUT2D eigenvalue weighted by molar-refractivity contribution is 5.97. The molecule has 296 valence electrons. The fourth-order valence-corrected chi connectivity index (χ4v) is 6.54. The maximum Gasteiger partial charge on any atom is 0.246 e. The number of hydrogen-bond donors (Lipinski definition) is 8. The molecule has 1 saturated heterocycles. The minimum atomic E-state index is -1.12. The molecule has 15 nitrogen and oxygen atoms in total. The van der Waals surface area contributed by atoms with Crippen molar-refractivity contribution in [2.45, 2.75) is 88.9 Å². The molecule has 3 aromatic carbocycles. The molecule has 55 heavy (non-hydrogen) atoms. The Morgan fingerprint density at radius 1 is 0.745 bits per heavy atom. The number of hydrogen-bond acceptors (Lipinski definition) is 8. The zero-order valence-corrected chi connectivity index (χ0v) is 31.5. The van der Waals surface area contributed by atoms with Gasteiger partial charge in [0.1, 0.15) is 29.9 Å². The number of nitrogens with two attached hydrogens (primary N) is 3. The average Bonchev–Trinajstić information content (AvgIpc) is 3.17. The van der Waals surface area contributed by atoms with Gasteiger partial charge in [0.25, 0.3) is 0 Å². The highest BCUT2D eigenvalue weighted by Crippen LogP contribution is 2.18. The Bertz CT molecular complexity index is 1800. The molecule has 1 fully saturated rings. The van der Waals surface area contributed by atoms with E-state index in [0.717, 1.165) is 42.0 Å². The molecule has 1 aliphatic heterocycles. The van der Waals surface area contributed by atoms with Gasteiger partial charge in [0.15, 0.2) is 5.96 Å². The lowest BCUT2D eigenvalue weighted by atomic mass is 10.0. The maximum atomic E-state index is 14.4. The lowest BCUT2D eigenvalue weighted by Crippen LogP contribution is -2.58. The van der Waals surface area contributed by atoms with E-state index < -0.39 is 60.2 Å². The Hall–Kier alpha value is -5.70. The van der Waals surface area contributed by atoms with Gasteiger partial charge in [-0.1, -0.05) is 73.9 Å². The van der Waals surface area contributed by atoms with E-state index in [4.69, 9.17) is 17.2 Å². The first kappa shape index (κ1) is 42.0. The molecule has 5 amide bonds. The van der Waals surface area contributed by atoms with Crippen LogP contribution in [0.3, 0.4) is 0 Å². The van der Waals surface area contributed by atoms with Gasteiger partial charge in [0.2, 0.25) is 29.5 Å². The number of amides is 5. The third-order valence-corrected chi connectivity index (χ3v) is 9.63. The molecule has 3 aromatic rings. The van der Waals surface area contributed by atoms with E-state index in [1.54, 1.807) is 19.1 Å². The van der Waals surface area contributed by atoms with Gasteiger partial charge in [-0.25, -0.2) is 0 Å². The Labute approximate surface area is 321 Å². The molecule has 0 aromatic heterocycles. The van der Waals surface area contributed by atoms with Crippen LogP contribution in [0.4, 0.5) is 0 Å². The van der Waals surface area contributed by atoms with Crippen molar-refractivity contribution >= 4 is 46.3 Å². The number of carbonyl (C=O) groups excluding carboxylic acids is 5. The number of nitrogens with one attached hydrogen (secondary N) is 4. The molecule has 11 N–H and O–H groups in total. The van der Waals surface area contributed by atoms with Gasteiger partial charge in [-0.05, 0) is 73.2 Å². The second kappa shape index (κ2) is 21.3. The number of rotatable bonds is 15. The number of phenols is 1. The highest BCUT2D eigenvalue weighted by atomic mass is 16.3. The van der Waals surface area contributed by atoms with Crippen LogP contribution in [0.2, 0.25) is 0 Å². The predicted octanol–water partition coefficient (Wildman–Crippen LogP) is 1.09.